The fraction of sp³-hybridized carbons (Fsp3) is 0.765. The highest BCUT2D eigenvalue weighted by atomic mass is 16.5. The second-order valence-electron chi connectivity index (χ2n) is 14.8. The van der Waals surface area contributed by atoms with Gasteiger partial charge in [0.2, 0.25) is 0 Å². The molecular formula is C34H52O5. The van der Waals surface area contributed by atoms with E-state index in [1.165, 1.54) is 12.4 Å². The Bertz CT molecular complexity index is 1050. The number of carbonyl (C=O) groups excluding carboxylic acids is 2. The maximum absolute atomic E-state index is 13.3. The lowest BCUT2D eigenvalue weighted by molar-refractivity contribution is -0.185. The molecule has 5 nitrogen and oxygen atoms in total. The van der Waals surface area contributed by atoms with Crippen molar-refractivity contribution in [3.05, 3.63) is 36.0 Å². The minimum Gasteiger partial charge on any atom is -0.458 e. The van der Waals surface area contributed by atoms with Crippen LogP contribution >= 0.6 is 0 Å². The molecule has 0 radical (unpaired) electrons. The van der Waals surface area contributed by atoms with Crippen molar-refractivity contribution >= 4 is 12.3 Å². The minimum atomic E-state index is -0.809. The molecule has 0 unspecified atom stereocenters. The summed E-state index contributed by atoms with van der Waals surface area (Å²) in [6, 6.07) is 0. The molecule has 9 atom stereocenters. The summed E-state index contributed by atoms with van der Waals surface area (Å²) in [5, 5.41) is 22.0. The Labute approximate surface area is 236 Å². The van der Waals surface area contributed by atoms with E-state index in [0.717, 1.165) is 50.5 Å². The third kappa shape index (κ3) is 4.80. The molecule has 5 heteroatoms. The summed E-state index contributed by atoms with van der Waals surface area (Å²) in [5.74, 6) is 0.541. The predicted molar refractivity (Wildman–Crippen MR) is 155 cm³/mol. The normalized spacial score (nSPS) is 42.4. The highest BCUT2D eigenvalue weighted by Gasteiger charge is 2.70. The van der Waals surface area contributed by atoms with E-state index in [1.54, 1.807) is 26.8 Å². The molecule has 0 aromatic heterocycles. The maximum Gasteiger partial charge on any atom is 0.330 e. The van der Waals surface area contributed by atoms with Crippen molar-refractivity contribution in [1.29, 1.82) is 0 Å². The molecule has 0 spiro atoms. The number of ether oxygens (including phenoxy) is 1. The smallest absolute Gasteiger partial charge is 0.330 e. The van der Waals surface area contributed by atoms with Gasteiger partial charge in [0.25, 0.3) is 0 Å². The summed E-state index contributed by atoms with van der Waals surface area (Å²) in [6.45, 7) is 16.7. The van der Waals surface area contributed by atoms with Crippen molar-refractivity contribution in [3.63, 3.8) is 0 Å². The molecule has 4 rings (SSSR count). The lowest BCUT2D eigenvalue weighted by atomic mass is 9.38. The van der Waals surface area contributed by atoms with Gasteiger partial charge in [-0.3, -0.25) is 0 Å². The Kier molecular flexibility index (Phi) is 7.97. The number of hydrogen-bond donors (Lipinski definition) is 2. The summed E-state index contributed by atoms with van der Waals surface area (Å²) < 4.78 is 5.87. The van der Waals surface area contributed by atoms with Gasteiger partial charge in [-0.15, -0.1) is 0 Å². The van der Waals surface area contributed by atoms with Crippen LogP contribution in [0.1, 0.15) is 100 Å². The van der Waals surface area contributed by atoms with Gasteiger partial charge in [-0.05, 0) is 94.3 Å². The second kappa shape index (κ2) is 10.3. The van der Waals surface area contributed by atoms with Crippen LogP contribution in [-0.2, 0) is 14.3 Å². The molecule has 39 heavy (non-hydrogen) atoms. The number of carbonyl (C=O) groups is 2. The third-order valence-corrected chi connectivity index (χ3v) is 11.9. The van der Waals surface area contributed by atoms with Crippen molar-refractivity contribution in [1.82, 2.24) is 0 Å². The van der Waals surface area contributed by atoms with Crippen molar-refractivity contribution in [2.75, 3.05) is 0 Å². The number of hydrogen-bond acceptors (Lipinski definition) is 5. The summed E-state index contributed by atoms with van der Waals surface area (Å²) in [5.41, 5.74) is -0.917. The molecule has 3 fully saturated rings. The largest absolute Gasteiger partial charge is 0.458 e. The fourth-order valence-electron chi connectivity index (χ4n) is 9.80. The van der Waals surface area contributed by atoms with Gasteiger partial charge in [0, 0.05) is 22.8 Å². The van der Waals surface area contributed by atoms with Crippen molar-refractivity contribution in [2.24, 2.45) is 45.3 Å². The summed E-state index contributed by atoms with van der Waals surface area (Å²) in [7, 11) is 0. The first kappa shape index (κ1) is 30.2. The highest BCUT2D eigenvalue weighted by molar-refractivity contribution is 5.82. The lowest BCUT2D eigenvalue weighted by Crippen LogP contribution is -2.64. The van der Waals surface area contributed by atoms with Crippen LogP contribution in [0.2, 0.25) is 0 Å². The summed E-state index contributed by atoms with van der Waals surface area (Å²) >= 11 is 0. The minimum absolute atomic E-state index is 0.0211. The molecule has 0 heterocycles. The van der Waals surface area contributed by atoms with Crippen molar-refractivity contribution in [3.8, 4) is 0 Å². The first-order valence-corrected chi connectivity index (χ1v) is 15.2. The van der Waals surface area contributed by atoms with Crippen LogP contribution in [0.3, 0.4) is 0 Å². The monoisotopic (exact) mass is 540 g/mol. The van der Waals surface area contributed by atoms with Crippen molar-refractivity contribution < 1.29 is 24.5 Å². The third-order valence-electron chi connectivity index (χ3n) is 11.9. The summed E-state index contributed by atoms with van der Waals surface area (Å²) in [6.07, 6.45) is 15.7. The molecule has 2 N–H and O–H groups in total. The highest BCUT2D eigenvalue weighted by Crippen LogP contribution is 2.74. The van der Waals surface area contributed by atoms with Crippen LogP contribution in [0, 0.1) is 45.3 Å². The SMILES string of the molecule is C/C=C/C(=O)O[C@H]1CC[C@@H]2C(=C[C@H](O)[C@@H]3[C@@]2(C=O)CC[C@]2(C)[C@@H]([C@H](C)C/C=C/C(C)(C)O)CC[C@@]32C)C1(C)C. The molecule has 0 bridgehead atoms. The van der Waals surface area contributed by atoms with Crippen LogP contribution < -0.4 is 0 Å². The van der Waals surface area contributed by atoms with Gasteiger partial charge in [-0.1, -0.05) is 64.5 Å². The average molecular weight is 541 g/mol. The molecule has 0 amide bonds. The van der Waals surface area contributed by atoms with Gasteiger partial charge >= 0.3 is 5.97 Å². The number of fused-ring (bicyclic) bond motifs is 5. The van der Waals surface area contributed by atoms with E-state index in [4.69, 9.17) is 4.74 Å². The predicted octanol–water partition coefficient (Wildman–Crippen LogP) is 6.58. The molecule has 4 aliphatic rings. The number of aliphatic hydroxyl groups excluding tert-OH is 1. The molecule has 4 aliphatic carbocycles. The molecule has 0 saturated heterocycles. The van der Waals surface area contributed by atoms with E-state index in [-0.39, 0.29) is 34.7 Å². The number of esters is 1. The second-order valence-corrected chi connectivity index (χ2v) is 14.8. The van der Waals surface area contributed by atoms with Gasteiger partial charge in [0.1, 0.15) is 12.4 Å². The van der Waals surface area contributed by atoms with Crippen LogP contribution in [-0.4, -0.2) is 40.3 Å². The number of aldehydes is 1. The molecule has 218 valence electrons. The molecule has 3 saturated carbocycles. The van der Waals surface area contributed by atoms with Gasteiger partial charge < -0.3 is 19.7 Å². The van der Waals surface area contributed by atoms with Crippen molar-refractivity contribution in [2.45, 2.75) is 118 Å². The topological polar surface area (TPSA) is 83.8 Å². The first-order valence-electron chi connectivity index (χ1n) is 15.2. The zero-order valence-corrected chi connectivity index (χ0v) is 25.5. The van der Waals surface area contributed by atoms with E-state index in [1.807, 2.05) is 12.2 Å². The van der Waals surface area contributed by atoms with Crippen LogP contribution in [0.4, 0.5) is 0 Å². The Morgan fingerprint density at radius 3 is 2.44 bits per heavy atom. The number of aliphatic hydroxyl groups is 2. The van der Waals surface area contributed by atoms with Gasteiger partial charge in [0.05, 0.1) is 11.7 Å². The fourth-order valence-corrected chi connectivity index (χ4v) is 9.80. The Morgan fingerprint density at radius 2 is 1.82 bits per heavy atom. The molecule has 0 aliphatic heterocycles. The summed E-state index contributed by atoms with van der Waals surface area (Å²) in [4.78, 5) is 25.6. The Balaban J connectivity index is 1.67. The van der Waals surface area contributed by atoms with Crippen LogP contribution in [0.15, 0.2) is 36.0 Å². The Hall–Kier alpha value is -1.72. The van der Waals surface area contributed by atoms with Crippen LogP contribution in [0.5, 0.6) is 0 Å². The van der Waals surface area contributed by atoms with Gasteiger partial charge in [0.15, 0.2) is 0 Å². The zero-order chi connectivity index (χ0) is 29.0. The first-order chi connectivity index (χ1) is 18.1. The average Bonchev–Trinajstić information content (AvgIpc) is 3.11. The maximum atomic E-state index is 13.3. The van der Waals surface area contributed by atoms with E-state index in [0.29, 0.717) is 11.8 Å². The zero-order valence-electron chi connectivity index (χ0n) is 25.5. The lowest BCUT2D eigenvalue weighted by Gasteiger charge is -2.66. The Morgan fingerprint density at radius 1 is 1.13 bits per heavy atom. The number of rotatable bonds is 7. The molecule has 0 aromatic carbocycles. The van der Waals surface area contributed by atoms with Gasteiger partial charge in [-0.25, -0.2) is 4.79 Å². The number of allylic oxidation sites excluding steroid dienone is 2. The van der Waals surface area contributed by atoms with E-state index in [2.05, 4.69) is 40.7 Å². The van der Waals surface area contributed by atoms with E-state index >= 15 is 0 Å². The standard InChI is InChI=1S/C34H52O5/c1-9-11-28(37)39-27-14-13-24-25(31(27,5)6)20-26(36)29-33(8)17-15-23(22(2)12-10-16-30(3,4)38)32(33,7)18-19-34(24,29)21-35/h9-11,16,20-24,26-27,29,36,38H,12-15,17-19H2,1-8H3/b11-9+,16-10+/t22-,23-,24-,26+,27+,29+,32-,33+,34-/m1/s1. The molecular weight excluding hydrogens is 488 g/mol. The quantitative estimate of drug-likeness (QED) is 0.165. The van der Waals surface area contributed by atoms with E-state index < -0.39 is 22.5 Å². The van der Waals surface area contributed by atoms with E-state index in [9.17, 15) is 19.8 Å². The van der Waals surface area contributed by atoms with Gasteiger partial charge in [-0.2, -0.15) is 0 Å². The molecule has 0 aromatic rings. The van der Waals surface area contributed by atoms with Crippen LogP contribution in [0.25, 0.3) is 0 Å².